The van der Waals surface area contributed by atoms with E-state index in [-0.39, 0.29) is 29.5 Å². The number of carbonyl (C=O) groups is 1. The molecule has 0 aromatic rings. The van der Waals surface area contributed by atoms with E-state index in [4.69, 9.17) is 10.3 Å². The minimum Gasteiger partial charge on any atom is -0.354 e. The third-order valence-corrected chi connectivity index (χ3v) is 3.50. The molecular weight excluding hydrogens is 256 g/mol. The van der Waals surface area contributed by atoms with Gasteiger partial charge in [-0.2, -0.15) is 8.42 Å². The van der Waals surface area contributed by atoms with Gasteiger partial charge >= 0.3 is 0 Å². The highest BCUT2D eigenvalue weighted by Crippen LogP contribution is 2.27. The fourth-order valence-electron chi connectivity index (χ4n) is 1.96. The van der Waals surface area contributed by atoms with Crippen molar-refractivity contribution in [3.8, 4) is 0 Å². The Balaban J connectivity index is 4.53. The van der Waals surface area contributed by atoms with Gasteiger partial charge in [-0.05, 0) is 31.2 Å². The molecule has 0 fully saturated rings. The van der Waals surface area contributed by atoms with Crippen molar-refractivity contribution in [2.75, 3.05) is 12.3 Å². The maximum Gasteiger partial charge on any atom is 0.264 e. The fourth-order valence-corrected chi connectivity index (χ4v) is 2.55. The number of nitrogens with two attached hydrogens (primary N) is 1. The summed E-state index contributed by atoms with van der Waals surface area (Å²) in [6, 6.07) is -0.272. The lowest BCUT2D eigenvalue weighted by atomic mass is 9.82. The van der Waals surface area contributed by atoms with Gasteiger partial charge in [-0.1, -0.05) is 13.8 Å². The number of hydrogen-bond donors (Lipinski definition) is 3. The Morgan fingerprint density at radius 2 is 2.00 bits per heavy atom. The third-order valence-electron chi connectivity index (χ3n) is 2.75. The normalized spacial score (nSPS) is 14.3. The van der Waals surface area contributed by atoms with E-state index in [1.165, 1.54) is 6.92 Å². The van der Waals surface area contributed by atoms with Gasteiger partial charge in [0, 0.05) is 13.0 Å². The zero-order valence-corrected chi connectivity index (χ0v) is 12.1. The van der Waals surface area contributed by atoms with Crippen LogP contribution in [-0.2, 0) is 14.9 Å². The second kappa shape index (κ2) is 7.06. The van der Waals surface area contributed by atoms with Crippen molar-refractivity contribution in [3.05, 3.63) is 0 Å². The van der Waals surface area contributed by atoms with Crippen molar-refractivity contribution >= 4 is 16.0 Å². The van der Waals surface area contributed by atoms with Crippen molar-refractivity contribution in [1.29, 1.82) is 0 Å². The summed E-state index contributed by atoms with van der Waals surface area (Å²) < 4.78 is 30.2. The molecule has 6 nitrogen and oxygen atoms in total. The van der Waals surface area contributed by atoms with E-state index in [1.807, 2.05) is 13.8 Å². The number of rotatable bonds is 8. The second-order valence-corrected chi connectivity index (χ2v) is 6.95. The van der Waals surface area contributed by atoms with Crippen molar-refractivity contribution in [3.63, 3.8) is 0 Å². The topological polar surface area (TPSA) is 109 Å². The van der Waals surface area contributed by atoms with Crippen LogP contribution in [0.2, 0.25) is 0 Å². The van der Waals surface area contributed by atoms with Crippen LogP contribution in [0, 0.1) is 5.41 Å². The van der Waals surface area contributed by atoms with Crippen LogP contribution in [0.4, 0.5) is 0 Å². The van der Waals surface area contributed by atoms with Crippen molar-refractivity contribution < 1.29 is 17.8 Å². The zero-order chi connectivity index (χ0) is 14.4. The molecule has 18 heavy (non-hydrogen) atoms. The van der Waals surface area contributed by atoms with Gasteiger partial charge in [-0.15, -0.1) is 0 Å². The first-order chi connectivity index (χ1) is 8.06. The molecule has 0 rings (SSSR count). The third kappa shape index (κ3) is 9.38. The van der Waals surface area contributed by atoms with Crippen LogP contribution in [-0.4, -0.2) is 37.2 Å². The average molecular weight is 280 g/mol. The lowest BCUT2D eigenvalue weighted by Gasteiger charge is -2.29. The monoisotopic (exact) mass is 280 g/mol. The molecule has 0 aromatic carbocycles. The van der Waals surface area contributed by atoms with Gasteiger partial charge in [0.05, 0.1) is 5.75 Å². The van der Waals surface area contributed by atoms with Crippen LogP contribution in [0.1, 0.15) is 40.0 Å². The minimum absolute atomic E-state index is 0.0823. The molecule has 7 heteroatoms. The molecule has 0 saturated carbocycles. The van der Waals surface area contributed by atoms with Gasteiger partial charge < -0.3 is 11.1 Å². The first-order valence-corrected chi connectivity index (χ1v) is 7.59. The van der Waals surface area contributed by atoms with E-state index in [1.54, 1.807) is 0 Å². The summed E-state index contributed by atoms with van der Waals surface area (Å²) in [5.74, 6) is -0.560. The molecule has 0 saturated heterocycles. The van der Waals surface area contributed by atoms with Crippen molar-refractivity contribution in [2.24, 2.45) is 11.1 Å². The molecule has 0 radical (unpaired) electrons. The summed E-state index contributed by atoms with van der Waals surface area (Å²) in [4.78, 5) is 11.1. The predicted octanol–water partition coefficient (Wildman–Crippen LogP) is 0.534. The molecule has 0 bridgehead atoms. The molecule has 1 atom stereocenters. The first kappa shape index (κ1) is 17.3. The van der Waals surface area contributed by atoms with E-state index in [0.717, 1.165) is 6.42 Å². The van der Waals surface area contributed by atoms with Gasteiger partial charge in [-0.3, -0.25) is 9.35 Å². The summed E-state index contributed by atoms with van der Waals surface area (Å²) in [5.41, 5.74) is 5.43. The van der Waals surface area contributed by atoms with Gasteiger partial charge in [0.15, 0.2) is 0 Å². The molecule has 0 spiro atoms. The molecule has 0 aliphatic rings. The summed E-state index contributed by atoms with van der Waals surface area (Å²) in [7, 11) is -4.00. The molecule has 4 N–H and O–H groups in total. The van der Waals surface area contributed by atoms with Gasteiger partial charge in [0.2, 0.25) is 5.91 Å². The standard InChI is InChI=1S/C11H24N2O4S/c1-9(14)13-10(4-7-18(15,16)17)8-11(2,3)5-6-12/h10H,4-8,12H2,1-3H3,(H,13,14)(H,15,16,17). The Kier molecular flexibility index (Phi) is 6.80. The summed E-state index contributed by atoms with van der Waals surface area (Å²) >= 11 is 0. The van der Waals surface area contributed by atoms with Crippen LogP contribution >= 0.6 is 0 Å². The largest absolute Gasteiger partial charge is 0.354 e. The van der Waals surface area contributed by atoms with Crippen LogP contribution in [0.3, 0.4) is 0 Å². The highest BCUT2D eigenvalue weighted by Gasteiger charge is 2.24. The molecule has 108 valence electrons. The quantitative estimate of drug-likeness (QED) is 0.562. The Hall–Kier alpha value is -0.660. The van der Waals surface area contributed by atoms with Crippen LogP contribution in [0.25, 0.3) is 0 Å². The minimum atomic E-state index is -4.00. The van der Waals surface area contributed by atoms with E-state index in [2.05, 4.69) is 5.32 Å². The van der Waals surface area contributed by atoms with Crippen LogP contribution in [0.5, 0.6) is 0 Å². The highest BCUT2D eigenvalue weighted by atomic mass is 32.2. The summed E-state index contributed by atoms with van der Waals surface area (Å²) in [6.07, 6.45) is 1.61. The SMILES string of the molecule is CC(=O)NC(CCS(=O)(=O)O)CC(C)(C)CCN. The van der Waals surface area contributed by atoms with Gasteiger partial charge in [-0.25, -0.2) is 0 Å². The average Bonchev–Trinajstić information content (AvgIpc) is 2.11. The number of carbonyl (C=O) groups excluding carboxylic acids is 1. The van der Waals surface area contributed by atoms with E-state index >= 15 is 0 Å². The molecule has 1 unspecified atom stereocenters. The Labute approximate surface area is 109 Å². The highest BCUT2D eigenvalue weighted by molar-refractivity contribution is 7.85. The summed E-state index contributed by atoms with van der Waals surface area (Å²) in [5, 5.41) is 2.71. The second-order valence-electron chi connectivity index (χ2n) is 5.38. The predicted molar refractivity (Wildman–Crippen MR) is 70.7 cm³/mol. The lowest BCUT2D eigenvalue weighted by molar-refractivity contribution is -0.119. The molecular formula is C11H24N2O4S. The molecule has 0 heterocycles. The van der Waals surface area contributed by atoms with E-state index in [0.29, 0.717) is 13.0 Å². The molecule has 0 aliphatic heterocycles. The number of hydrogen-bond acceptors (Lipinski definition) is 4. The molecule has 0 aromatic heterocycles. The first-order valence-electron chi connectivity index (χ1n) is 5.98. The van der Waals surface area contributed by atoms with E-state index < -0.39 is 10.1 Å². The summed E-state index contributed by atoms with van der Waals surface area (Å²) in [6.45, 7) is 5.96. The lowest BCUT2D eigenvalue weighted by Crippen LogP contribution is -2.38. The number of amides is 1. The van der Waals surface area contributed by atoms with E-state index in [9.17, 15) is 13.2 Å². The van der Waals surface area contributed by atoms with Crippen molar-refractivity contribution in [1.82, 2.24) is 5.32 Å². The molecule has 0 aliphatic carbocycles. The number of nitrogens with one attached hydrogen (secondary N) is 1. The zero-order valence-electron chi connectivity index (χ0n) is 11.3. The van der Waals surface area contributed by atoms with Crippen molar-refractivity contribution in [2.45, 2.75) is 46.1 Å². The fraction of sp³-hybridized carbons (Fsp3) is 0.909. The van der Waals surface area contributed by atoms with Gasteiger partial charge in [0.25, 0.3) is 10.1 Å². The van der Waals surface area contributed by atoms with Crippen LogP contribution < -0.4 is 11.1 Å². The Morgan fingerprint density at radius 1 is 1.44 bits per heavy atom. The van der Waals surface area contributed by atoms with Crippen LogP contribution in [0.15, 0.2) is 0 Å². The maximum atomic E-state index is 11.1. The maximum absolute atomic E-state index is 11.1. The molecule has 1 amide bonds. The Bertz CT molecular complexity index is 365. The van der Waals surface area contributed by atoms with Gasteiger partial charge in [0.1, 0.15) is 0 Å². The smallest absolute Gasteiger partial charge is 0.264 e. The Morgan fingerprint density at radius 3 is 2.39 bits per heavy atom.